The van der Waals surface area contributed by atoms with Gasteiger partial charge in [-0.1, -0.05) is 6.42 Å². The van der Waals surface area contributed by atoms with Crippen molar-refractivity contribution in [2.75, 3.05) is 26.2 Å². The van der Waals surface area contributed by atoms with E-state index in [4.69, 9.17) is 4.74 Å². The summed E-state index contributed by atoms with van der Waals surface area (Å²) in [6.07, 6.45) is 3.64. The van der Waals surface area contributed by atoms with Crippen LogP contribution in [-0.2, 0) is 0 Å². The maximum Gasteiger partial charge on any atom is 0.195 e. The third-order valence-corrected chi connectivity index (χ3v) is 7.54. The van der Waals surface area contributed by atoms with Crippen molar-refractivity contribution in [1.29, 1.82) is 0 Å². The lowest BCUT2D eigenvalue weighted by atomic mass is 9.97. The van der Waals surface area contributed by atoms with Gasteiger partial charge in [0.25, 0.3) is 0 Å². The Hall–Kier alpha value is -3.42. The number of benzene rings is 3. The van der Waals surface area contributed by atoms with Gasteiger partial charge in [-0.15, -0.1) is 11.3 Å². The number of carbonyl (C=O) groups is 1. The maximum atomic E-state index is 14.9. The molecule has 1 fully saturated rings. The van der Waals surface area contributed by atoms with Gasteiger partial charge in [0.05, 0.1) is 0 Å². The molecule has 0 saturated carbocycles. The second kappa shape index (κ2) is 10.1. The van der Waals surface area contributed by atoms with Crippen LogP contribution in [0, 0.1) is 5.82 Å². The van der Waals surface area contributed by atoms with Gasteiger partial charge in [-0.3, -0.25) is 9.69 Å². The number of fused-ring (bicyclic) bond motifs is 1. The van der Waals surface area contributed by atoms with E-state index in [2.05, 4.69) is 4.90 Å². The van der Waals surface area contributed by atoms with Crippen LogP contribution in [0.3, 0.4) is 0 Å². The van der Waals surface area contributed by atoms with E-state index in [0.717, 1.165) is 29.9 Å². The molecule has 180 valence electrons. The van der Waals surface area contributed by atoms with Gasteiger partial charge in [-0.05, 0) is 92.2 Å². The summed E-state index contributed by atoms with van der Waals surface area (Å²) in [5.74, 6) is -0.524. The van der Waals surface area contributed by atoms with E-state index in [0.29, 0.717) is 22.4 Å². The molecule has 0 bridgehead atoms. The minimum absolute atomic E-state index is 0.104. The number of rotatable bonds is 7. The van der Waals surface area contributed by atoms with Crippen molar-refractivity contribution >= 4 is 27.2 Å². The molecule has 35 heavy (non-hydrogen) atoms. The standard InChI is InChI=1S/C28H26FNO4S/c29-23-16-19(6-11-24(23)34-15-14-30-12-2-1-3-13-30)27(33)26-22-10-9-21(32)17-25(22)35-28(26)18-4-7-20(31)8-5-18/h4-11,16-17,31-32H,1-3,12-15H2. The summed E-state index contributed by atoms with van der Waals surface area (Å²) in [4.78, 5) is 16.6. The van der Waals surface area contributed by atoms with Crippen molar-refractivity contribution in [3.05, 3.63) is 77.6 Å². The highest BCUT2D eigenvalue weighted by molar-refractivity contribution is 7.22. The SMILES string of the molecule is O=C(c1ccc(OCCN2CCCCC2)c(F)c1)c1c(-c2ccc(O)cc2)sc2cc(O)ccc12. The fourth-order valence-electron chi connectivity index (χ4n) is 4.50. The van der Waals surface area contributed by atoms with Gasteiger partial charge in [0, 0.05) is 32.6 Å². The molecule has 5 rings (SSSR count). The average Bonchev–Trinajstić information content (AvgIpc) is 3.24. The number of halogens is 1. The largest absolute Gasteiger partial charge is 0.508 e. The monoisotopic (exact) mass is 491 g/mol. The third-order valence-electron chi connectivity index (χ3n) is 6.34. The first kappa shape index (κ1) is 23.3. The molecule has 0 amide bonds. The maximum absolute atomic E-state index is 14.9. The lowest BCUT2D eigenvalue weighted by Crippen LogP contribution is -2.33. The van der Waals surface area contributed by atoms with Gasteiger partial charge in [0.15, 0.2) is 17.3 Å². The lowest BCUT2D eigenvalue weighted by molar-refractivity contribution is 0.104. The number of hydrogen-bond donors (Lipinski definition) is 2. The van der Waals surface area contributed by atoms with Crippen LogP contribution in [0.1, 0.15) is 35.2 Å². The van der Waals surface area contributed by atoms with Gasteiger partial charge in [-0.2, -0.15) is 0 Å². The Kier molecular flexibility index (Phi) is 6.70. The number of hydrogen-bond acceptors (Lipinski definition) is 6. The number of carbonyl (C=O) groups excluding carboxylic acids is 1. The second-order valence-corrected chi connectivity index (χ2v) is 9.81. The summed E-state index contributed by atoms with van der Waals surface area (Å²) in [5, 5.41) is 20.3. The number of phenolic OH excluding ortho intramolecular Hbond substituents is 2. The molecule has 2 N–H and O–H groups in total. The highest BCUT2D eigenvalue weighted by atomic mass is 32.1. The molecule has 4 aromatic rings. The van der Waals surface area contributed by atoms with Crippen LogP contribution in [0.4, 0.5) is 4.39 Å². The van der Waals surface area contributed by atoms with E-state index in [1.807, 2.05) is 0 Å². The number of phenols is 2. The van der Waals surface area contributed by atoms with Crippen LogP contribution >= 0.6 is 11.3 Å². The van der Waals surface area contributed by atoms with E-state index in [1.54, 1.807) is 42.5 Å². The zero-order chi connectivity index (χ0) is 24.4. The molecule has 0 atom stereocenters. The Labute approximate surface area is 207 Å². The van der Waals surface area contributed by atoms with Gasteiger partial charge in [-0.25, -0.2) is 4.39 Å². The molecule has 0 radical (unpaired) electrons. The molecule has 1 aliphatic rings. The number of nitrogens with zero attached hydrogens (tertiary/aromatic N) is 1. The Balaban J connectivity index is 1.43. The van der Waals surface area contributed by atoms with Crippen molar-refractivity contribution in [1.82, 2.24) is 4.90 Å². The minimum atomic E-state index is -0.571. The molecule has 0 spiro atoms. The van der Waals surface area contributed by atoms with Crippen LogP contribution in [-0.4, -0.2) is 47.1 Å². The molecule has 1 aliphatic heterocycles. The summed E-state index contributed by atoms with van der Waals surface area (Å²) < 4.78 is 21.3. The Morgan fingerprint density at radius 2 is 1.69 bits per heavy atom. The van der Waals surface area contributed by atoms with E-state index in [-0.39, 0.29) is 28.6 Å². The Morgan fingerprint density at radius 3 is 2.43 bits per heavy atom. The number of thiophene rings is 1. The van der Waals surface area contributed by atoms with Crippen molar-refractivity contribution in [2.45, 2.75) is 19.3 Å². The predicted molar refractivity (Wildman–Crippen MR) is 136 cm³/mol. The number of aromatic hydroxyl groups is 2. The molecular weight excluding hydrogens is 465 g/mol. The Morgan fingerprint density at radius 1 is 0.943 bits per heavy atom. The number of ether oxygens (including phenoxy) is 1. The highest BCUT2D eigenvalue weighted by Crippen LogP contribution is 2.41. The number of ketones is 1. The summed E-state index contributed by atoms with van der Waals surface area (Å²) in [6, 6.07) is 15.8. The third kappa shape index (κ3) is 5.01. The first-order valence-electron chi connectivity index (χ1n) is 11.7. The van der Waals surface area contributed by atoms with E-state index < -0.39 is 5.82 Å². The molecule has 1 saturated heterocycles. The van der Waals surface area contributed by atoms with Crippen molar-refractivity contribution < 1.29 is 24.1 Å². The van der Waals surface area contributed by atoms with Crippen LogP contribution < -0.4 is 4.74 Å². The van der Waals surface area contributed by atoms with Gasteiger partial charge in [0.1, 0.15) is 18.1 Å². The summed E-state index contributed by atoms with van der Waals surface area (Å²) in [7, 11) is 0. The van der Waals surface area contributed by atoms with E-state index >= 15 is 0 Å². The van der Waals surface area contributed by atoms with Crippen LogP contribution in [0.25, 0.3) is 20.5 Å². The molecule has 3 aromatic carbocycles. The average molecular weight is 492 g/mol. The number of likely N-dealkylation sites (tertiary alicyclic amines) is 1. The molecule has 1 aromatic heterocycles. The normalized spacial score (nSPS) is 14.3. The van der Waals surface area contributed by atoms with Gasteiger partial charge < -0.3 is 14.9 Å². The first-order valence-corrected chi connectivity index (χ1v) is 12.6. The van der Waals surface area contributed by atoms with Crippen molar-refractivity contribution in [3.63, 3.8) is 0 Å². The Bertz CT molecular complexity index is 1360. The number of piperidine rings is 1. The molecule has 5 nitrogen and oxygen atoms in total. The second-order valence-electron chi connectivity index (χ2n) is 8.76. The highest BCUT2D eigenvalue weighted by Gasteiger charge is 2.23. The lowest BCUT2D eigenvalue weighted by Gasteiger charge is -2.26. The van der Waals surface area contributed by atoms with E-state index in [1.165, 1.54) is 48.8 Å². The summed E-state index contributed by atoms with van der Waals surface area (Å²) in [6.45, 7) is 3.25. The zero-order valence-corrected chi connectivity index (χ0v) is 20.0. The molecular formula is C28H26FNO4S. The van der Waals surface area contributed by atoms with Crippen molar-refractivity contribution in [3.8, 4) is 27.7 Å². The molecule has 7 heteroatoms. The fraction of sp³-hybridized carbons (Fsp3) is 0.250. The van der Waals surface area contributed by atoms with Crippen molar-refractivity contribution in [2.24, 2.45) is 0 Å². The molecule has 2 heterocycles. The van der Waals surface area contributed by atoms with Crippen LogP contribution in [0.5, 0.6) is 17.2 Å². The summed E-state index contributed by atoms with van der Waals surface area (Å²) >= 11 is 1.37. The topological polar surface area (TPSA) is 70.0 Å². The van der Waals surface area contributed by atoms with Crippen LogP contribution in [0.2, 0.25) is 0 Å². The minimum Gasteiger partial charge on any atom is -0.508 e. The predicted octanol–water partition coefficient (Wildman–Crippen LogP) is 6.21. The van der Waals surface area contributed by atoms with Crippen LogP contribution in [0.15, 0.2) is 60.7 Å². The molecule has 0 unspecified atom stereocenters. The fourth-order valence-corrected chi connectivity index (χ4v) is 5.74. The quantitative estimate of drug-likeness (QED) is 0.301. The van der Waals surface area contributed by atoms with Gasteiger partial charge in [0.2, 0.25) is 0 Å². The zero-order valence-electron chi connectivity index (χ0n) is 19.2. The molecule has 0 aliphatic carbocycles. The van der Waals surface area contributed by atoms with Gasteiger partial charge >= 0.3 is 0 Å². The first-order chi connectivity index (χ1) is 17.0. The van der Waals surface area contributed by atoms with E-state index in [9.17, 15) is 19.4 Å². The summed E-state index contributed by atoms with van der Waals surface area (Å²) in [5.41, 5.74) is 1.41. The smallest absolute Gasteiger partial charge is 0.195 e.